The van der Waals surface area contributed by atoms with Gasteiger partial charge < -0.3 is 14.7 Å². The van der Waals surface area contributed by atoms with Crippen LogP contribution in [0.25, 0.3) is 0 Å². The number of phenolic OH excluding ortho intramolecular Hbond substituents is 1. The average Bonchev–Trinajstić information content (AvgIpc) is 3.28. The minimum atomic E-state index is -1.06. The fourth-order valence-corrected chi connectivity index (χ4v) is 7.88. The third-order valence-corrected chi connectivity index (χ3v) is 9.97. The highest BCUT2D eigenvalue weighted by atomic mass is 79.9. The normalized spacial score (nSPS) is 23.6. The van der Waals surface area contributed by atoms with Gasteiger partial charge in [0.25, 0.3) is 0 Å². The zero-order chi connectivity index (χ0) is 34.2. The van der Waals surface area contributed by atoms with E-state index in [0.717, 1.165) is 17.0 Å². The van der Waals surface area contributed by atoms with E-state index in [-0.39, 0.29) is 56.4 Å². The van der Waals surface area contributed by atoms with Crippen molar-refractivity contribution < 1.29 is 38.9 Å². The van der Waals surface area contributed by atoms with Crippen molar-refractivity contribution in [1.29, 1.82) is 0 Å². The number of Topliss-reactive ketones (excluding diaryl/α,β-unsaturated/α-hetero) is 1. The van der Waals surface area contributed by atoms with Crippen LogP contribution < -0.4 is 14.5 Å². The van der Waals surface area contributed by atoms with Gasteiger partial charge in [-0.3, -0.25) is 39.4 Å². The number of nitrogens with zero attached hydrogens (tertiary/aromatic N) is 4. The number of nitro groups is 2. The highest BCUT2D eigenvalue weighted by molar-refractivity contribution is 9.12. The summed E-state index contributed by atoms with van der Waals surface area (Å²) in [5, 5.41) is 34.3. The number of imide groups is 1. The number of methoxy groups -OCH3 is 1. The average molecular weight is 728 g/mol. The van der Waals surface area contributed by atoms with E-state index < -0.39 is 68.3 Å². The molecule has 1 N–H and O–H groups in total. The van der Waals surface area contributed by atoms with Gasteiger partial charge in [0, 0.05) is 49.4 Å². The van der Waals surface area contributed by atoms with Gasteiger partial charge in [-0.25, -0.2) is 4.90 Å². The number of rotatable bonds is 6. The molecule has 242 valence electrons. The summed E-state index contributed by atoms with van der Waals surface area (Å²) in [5.74, 6) is -6.37. The summed E-state index contributed by atoms with van der Waals surface area (Å²) >= 11 is 9.49. The lowest BCUT2D eigenvalue weighted by Crippen LogP contribution is -2.39. The monoisotopic (exact) mass is 726 g/mol. The van der Waals surface area contributed by atoms with Gasteiger partial charge in [-0.05, 0) is 52.4 Å². The van der Waals surface area contributed by atoms with Gasteiger partial charge >= 0.3 is 11.4 Å². The first-order valence-electron chi connectivity index (χ1n) is 14.1. The van der Waals surface area contributed by atoms with Gasteiger partial charge in [-0.1, -0.05) is 23.3 Å². The molecule has 47 heavy (non-hydrogen) atoms. The molecule has 2 amide bonds. The van der Waals surface area contributed by atoms with Crippen molar-refractivity contribution in [2.24, 2.45) is 17.8 Å². The van der Waals surface area contributed by atoms with Crippen LogP contribution in [0.1, 0.15) is 24.3 Å². The molecule has 0 bridgehead atoms. The van der Waals surface area contributed by atoms with Gasteiger partial charge in [0.1, 0.15) is 0 Å². The molecular weight excluding hydrogens is 704 g/mol. The molecule has 2 aromatic rings. The molecule has 0 spiro atoms. The third-order valence-electron chi connectivity index (χ3n) is 9.09. The number of allylic oxidation sites excluding steroid dienone is 6. The number of nitro benzene ring substituents is 2. The second-order valence-corrected chi connectivity index (χ2v) is 13.0. The molecule has 1 aliphatic heterocycles. The molecule has 0 aromatic heterocycles. The number of hydrogen-bond acceptors (Lipinski definition) is 11. The number of anilines is 2. The summed E-state index contributed by atoms with van der Waals surface area (Å²) in [7, 11) is 4.11. The van der Waals surface area contributed by atoms with Gasteiger partial charge in [-0.15, -0.1) is 0 Å². The Labute approximate surface area is 279 Å². The van der Waals surface area contributed by atoms with Crippen molar-refractivity contribution in [2.75, 3.05) is 31.0 Å². The Hall–Kier alpha value is -4.89. The van der Waals surface area contributed by atoms with E-state index in [9.17, 15) is 44.5 Å². The minimum absolute atomic E-state index is 0.0139. The Kier molecular flexibility index (Phi) is 7.79. The lowest BCUT2D eigenvalue weighted by atomic mass is 9.59. The number of fused-ring (bicyclic) bond motifs is 3. The van der Waals surface area contributed by atoms with Crippen LogP contribution in [-0.4, -0.2) is 59.5 Å². The van der Waals surface area contributed by atoms with Crippen molar-refractivity contribution in [2.45, 2.75) is 18.8 Å². The molecule has 4 unspecified atom stereocenters. The van der Waals surface area contributed by atoms with E-state index in [2.05, 4.69) is 15.9 Å². The molecule has 14 nitrogen and oxygen atoms in total. The number of hydrogen-bond donors (Lipinski definition) is 1. The maximum absolute atomic E-state index is 14.3. The summed E-state index contributed by atoms with van der Waals surface area (Å²) in [6.07, 6.45) is 2.89. The van der Waals surface area contributed by atoms with Crippen LogP contribution in [0.15, 0.2) is 57.6 Å². The SMILES string of the molecule is COc1cc(C2C3=CCC4C(=O)N(c5cc([N+](=O)[O-])c(N(C)C)c([N+](=O)[O-])c5)C(=O)C4C3CC3=C2C(=O)C=C(Br)C3=O)cc(Cl)c1O. The molecule has 4 atom stereocenters. The van der Waals surface area contributed by atoms with Crippen molar-refractivity contribution in [3.8, 4) is 11.5 Å². The molecule has 1 heterocycles. The fraction of sp³-hybridized carbons (Fsp3) is 0.290. The van der Waals surface area contributed by atoms with Crippen LogP contribution in [0.4, 0.5) is 22.7 Å². The van der Waals surface area contributed by atoms with Crippen LogP contribution in [0.5, 0.6) is 11.5 Å². The largest absolute Gasteiger partial charge is 0.503 e. The summed E-state index contributed by atoms with van der Waals surface area (Å²) in [5.41, 5.74) is -0.674. The maximum Gasteiger partial charge on any atom is 0.301 e. The highest BCUT2D eigenvalue weighted by Gasteiger charge is 2.57. The zero-order valence-corrected chi connectivity index (χ0v) is 27.2. The zero-order valence-electron chi connectivity index (χ0n) is 24.9. The molecular formula is C31H24BrClN4O10. The summed E-state index contributed by atoms with van der Waals surface area (Å²) < 4.78 is 5.31. The Morgan fingerprint density at radius 3 is 2.23 bits per heavy atom. The molecule has 3 aliphatic carbocycles. The number of halogens is 2. The Bertz CT molecular complexity index is 1930. The Morgan fingerprint density at radius 2 is 1.66 bits per heavy atom. The summed E-state index contributed by atoms with van der Waals surface area (Å²) in [6, 6.07) is 4.84. The van der Waals surface area contributed by atoms with E-state index in [1.807, 2.05) is 0 Å². The molecule has 6 rings (SSSR count). The predicted molar refractivity (Wildman–Crippen MR) is 171 cm³/mol. The van der Waals surface area contributed by atoms with Gasteiger partial charge in [-0.2, -0.15) is 0 Å². The molecule has 2 aromatic carbocycles. The van der Waals surface area contributed by atoms with Crippen molar-refractivity contribution >= 4 is 73.7 Å². The highest BCUT2D eigenvalue weighted by Crippen LogP contribution is 2.57. The fourth-order valence-electron chi connectivity index (χ4n) is 7.21. The van der Waals surface area contributed by atoms with Crippen LogP contribution >= 0.6 is 27.5 Å². The number of ether oxygens (including phenoxy) is 1. The number of ketones is 2. The first kappa shape index (κ1) is 32.1. The molecule has 4 aliphatic rings. The standard InChI is InChI=1S/C31H24BrClN4O10/c1-34(2)27-20(36(43)44)8-13(9-21(27)37(45)46)35-30(41)15-5-4-14-16(25(15)31(35)42)10-17-26(22(38)11-18(32)28(17)39)24(14)12-6-19(33)29(40)23(7-12)47-3/h4,6-9,11,15-16,24-25,40H,5,10H2,1-3H3. The number of carbonyl (C=O) groups is 4. The van der Waals surface area contributed by atoms with Crippen molar-refractivity contribution in [3.05, 3.63) is 88.4 Å². The maximum atomic E-state index is 14.3. The predicted octanol–water partition coefficient (Wildman–Crippen LogP) is 4.90. The van der Waals surface area contributed by atoms with E-state index in [1.54, 1.807) is 6.08 Å². The second kappa shape index (κ2) is 11.4. The van der Waals surface area contributed by atoms with E-state index in [0.29, 0.717) is 11.1 Å². The molecule has 1 fully saturated rings. The molecule has 16 heteroatoms. The Balaban J connectivity index is 1.50. The van der Waals surface area contributed by atoms with Gasteiger partial charge in [0.2, 0.25) is 11.8 Å². The van der Waals surface area contributed by atoms with Crippen molar-refractivity contribution in [1.82, 2.24) is 0 Å². The molecule has 0 radical (unpaired) electrons. The topological polar surface area (TPSA) is 190 Å². The van der Waals surface area contributed by atoms with Gasteiger partial charge in [0.15, 0.2) is 28.8 Å². The van der Waals surface area contributed by atoms with Crippen LogP contribution in [0, 0.1) is 38.0 Å². The third kappa shape index (κ3) is 4.83. The quantitative estimate of drug-likeness (QED) is 0.140. The van der Waals surface area contributed by atoms with Gasteiger partial charge in [0.05, 0.1) is 44.0 Å². The number of aromatic hydroxyl groups is 1. The number of phenols is 1. The molecule has 1 saturated heterocycles. The first-order chi connectivity index (χ1) is 22.2. The second-order valence-electron chi connectivity index (χ2n) is 11.7. The van der Waals surface area contributed by atoms with Crippen LogP contribution in [0.2, 0.25) is 5.02 Å². The Morgan fingerprint density at radius 1 is 1.02 bits per heavy atom. The molecule has 0 saturated carbocycles. The lowest BCUT2D eigenvalue weighted by molar-refractivity contribution is -0.392. The van der Waals surface area contributed by atoms with E-state index in [4.69, 9.17) is 16.3 Å². The smallest absolute Gasteiger partial charge is 0.301 e. The number of amides is 2. The van der Waals surface area contributed by atoms with Crippen LogP contribution in [0.3, 0.4) is 0 Å². The summed E-state index contributed by atoms with van der Waals surface area (Å²) in [4.78, 5) is 79.4. The first-order valence-corrected chi connectivity index (χ1v) is 15.3. The minimum Gasteiger partial charge on any atom is -0.503 e. The number of carbonyl (C=O) groups excluding carboxylic acids is 4. The van der Waals surface area contributed by atoms with Crippen molar-refractivity contribution in [3.63, 3.8) is 0 Å². The lowest BCUT2D eigenvalue weighted by Gasteiger charge is -2.42. The van der Waals surface area contributed by atoms with Crippen LogP contribution in [-0.2, 0) is 19.2 Å². The van der Waals surface area contributed by atoms with E-state index >= 15 is 0 Å². The number of benzene rings is 2. The van der Waals surface area contributed by atoms with E-state index in [1.165, 1.54) is 44.3 Å². The summed E-state index contributed by atoms with van der Waals surface area (Å²) in [6.45, 7) is 0.